The smallest absolute Gasteiger partial charge is 0.267 e. The van der Waals surface area contributed by atoms with Crippen molar-refractivity contribution in [1.82, 2.24) is 19.2 Å². The summed E-state index contributed by atoms with van der Waals surface area (Å²) < 4.78 is 3.61. The molecule has 5 rings (SSSR count). The van der Waals surface area contributed by atoms with Crippen LogP contribution in [0.15, 0.2) is 88.8 Å². The normalized spacial score (nSPS) is 11.3. The molecular formula is C23H18N4OS. The van der Waals surface area contributed by atoms with Crippen LogP contribution < -0.4 is 5.56 Å². The van der Waals surface area contributed by atoms with Gasteiger partial charge >= 0.3 is 0 Å². The van der Waals surface area contributed by atoms with E-state index in [1.54, 1.807) is 16.3 Å². The van der Waals surface area contributed by atoms with Crippen molar-refractivity contribution < 1.29 is 0 Å². The van der Waals surface area contributed by atoms with E-state index in [4.69, 9.17) is 0 Å². The number of aromatic nitrogens is 4. The number of fused-ring (bicyclic) bond motifs is 3. The first-order valence-corrected chi connectivity index (χ1v) is 10.3. The summed E-state index contributed by atoms with van der Waals surface area (Å²) in [4.78, 5) is 13.2. The average Bonchev–Trinajstić information content (AvgIpc) is 3.18. The number of rotatable bonds is 4. The van der Waals surface area contributed by atoms with Crippen LogP contribution in [0.2, 0.25) is 0 Å². The number of hydrogen-bond donors (Lipinski definition) is 0. The SMILES string of the molecule is Cc1ccc(CSc2nnc3n(-c4ccccc4)c(=O)c4ccccc4n23)cc1. The Morgan fingerprint density at radius 3 is 2.38 bits per heavy atom. The molecule has 0 saturated heterocycles. The Morgan fingerprint density at radius 1 is 0.862 bits per heavy atom. The minimum atomic E-state index is -0.0956. The first-order chi connectivity index (χ1) is 14.2. The van der Waals surface area contributed by atoms with E-state index >= 15 is 0 Å². The number of aryl methyl sites for hydroxylation is 1. The van der Waals surface area contributed by atoms with Gasteiger partial charge in [0.05, 0.1) is 16.6 Å². The fourth-order valence-electron chi connectivity index (χ4n) is 3.41. The predicted molar refractivity (Wildman–Crippen MR) is 117 cm³/mol. The molecule has 29 heavy (non-hydrogen) atoms. The van der Waals surface area contributed by atoms with Crippen LogP contribution in [0.5, 0.6) is 0 Å². The van der Waals surface area contributed by atoms with Gasteiger partial charge in [0.2, 0.25) is 5.78 Å². The Hall–Kier alpha value is -3.38. The minimum absolute atomic E-state index is 0.0956. The lowest BCUT2D eigenvalue weighted by molar-refractivity contribution is 0.930. The predicted octanol–water partition coefficient (Wildman–Crippen LogP) is 4.63. The van der Waals surface area contributed by atoms with E-state index in [9.17, 15) is 4.79 Å². The largest absolute Gasteiger partial charge is 0.268 e. The molecule has 0 N–H and O–H groups in total. The summed E-state index contributed by atoms with van der Waals surface area (Å²) >= 11 is 1.61. The summed E-state index contributed by atoms with van der Waals surface area (Å²) in [5.41, 5.74) is 3.95. The molecule has 0 amide bonds. The molecule has 142 valence electrons. The summed E-state index contributed by atoms with van der Waals surface area (Å²) in [6.07, 6.45) is 0. The van der Waals surface area contributed by atoms with Gasteiger partial charge in [0.15, 0.2) is 5.16 Å². The fraction of sp³-hybridized carbons (Fsp3) is 0.0870. The van der Waals surface area contributed by atoms with Crippen molar-refractivity contribution in [1.29, 1.82) is 0 Å². The molecule has 0 aliphatic heterocycles. The van der Waals surface area contributed by atoms with Crippen molar-refractivity contribution >= 4 is 28.4 Å². The molecule has 0 aliphatic carbocycles. The molecular weight excluding hydrogens is 380 g/mol. The highest BCUT2D eigenvalue weighted by Crippen LogP contribution is 2.25. The van der Waals surface area contributed by atoms with Crippen LogP contribution in [0, 0.1) is 6.92 Å². The van der Waals surface area contributed by atoms with Crippen LogP contribution in [0.4, 0.5) is 0 Å². The Morgan fingerprint density at radius 2 is 1.59 bits per heavy atom. The van der Waals surface area contributed by atoms with Crippen LogP contribution in [-0.4, -0.2) is 19.2 Å². The molecule has 0 atom stereocenters. The molecule has 0 spiro atoms. The molecule has 0 saturated carbocycles. The van der Waals surface area contributed by atoms with Gasteiger partial charge in [-0.05, 0) is 36.8 Å². The van der Waals surface area contributed by atoms with Crippen molar-refractivity contribution in [3.8, 4) is 5.69 Å². The summed E-state index contributed by atoms with van der Waals surface area (Å²) in [6, 6.07) is 25.7. The van der Waals surface area contributed by atoms with E-state index in [1.165, 1.54) is 11.1 Å². The Bertz CT molecular complexity index is 1370. The number of hydrogen-bond acceptors (Lipinski definition) is 4. The van der Waals surface area contributed by atoms with Crippen LogP contribution in [-0.2, 0) is 5.75 Å². The molecule has 0 unspecified atom stereocenters. The molecule has 0 aliphatic rings. The van der Waals surface area contributed by atoms with E-state index in [-0.39, 0.29) is 5.56 Å². The van der Waals surface area contributed by atoms with Gasteiger partial charge in [-0.15, -0.1) is 10.2 Å². The maximum Gasteiger partial charge on any atom is 0.267 e. The molecule has 6 heteroatoms. The first kappa shape index (κ1) is 17.7. The number of nitrogens with zero attached hydrogens (tertiary/aromatic N) is 4. The third-order valence-electron chi connectivity index (χ3n) is 4.90. The zero-order valence-corrected chi connectivity index (χ0v) is 16.6. The number of para-hydroxylation sites is 2. The van der Waals surface area contributed by atoms with Crippen molar-refractivity contribution in [2.75, 3.05) is 0 Å². The molecule has 2 aromatic heterocycles. The maximum atomic E-state index is 13.2. The van der Waals surface area contributed by atoms with Gasteiger partial charge in [-0.3, -0.25) is 9.20 Å². The third kappa shape index (κ3) is 3.11. The highest BCUT2D eigenvalue weighted by Gasteiger charge is 2.17. The molecule has 5 aromatic rings. The van der Waals surface area contributed by atoms with Crippen LogP contribution in [0.3, 0.4) is 0 Å². The van der Waals surface area contributed by atoms with E-state index in [2.05, 4.69) is 41.4 Å². The zero-order valence-electron chi connectivity index (χ0n) is 15.8. The van der Waals surface area contributed by atoms with Gasteiger partial charge < -0.3 is 0 Å². The fourth-order valence-corrected chi connectivity index (χ4v) is 4.31. The van der Waals surface area contributed by atoms with Crippen molar-refractivity contribution in [3.63, 3.8) is 0 Å². The quantitative estimate of drug-likeness (QED) is 0.414. The molecule has 0 bridgehead atoms. The molecule has 3 aromatic carbocycles. The van der Waals surface area contributed by atoms with E-state index < -0.39 is 0 Å². The third-order valence-corrected chi connectivity index (χ3v) is 5.90. The number of thioether (sulfide) groups is 1. The second kappa shape index (κ2) is 7.22. The summed E-state index contributed by atoms with van der Waals surface area (Å²) in [6.45, 7) is 2.08. The highest BCUT2D eigenvalue weighted by molar-refractivity contribution is 7.98. The Kier molecular flexibility index (Phi) is 4.41. The topological polar surface area (TPSA) is 52.2 Å². The summed E-state index contributed by atoms with van der Waals surface area (Å²) in [5.74, 6) is 1.30. The average molecular weight is 398 g/mol. The van der Waals surface area contributed by atoms with E-state index in [0.717, 1.165) is 22.1 Å². The van der Waals surface area contributed by atoms with Gasteiger partial charge in [-0.1, -0.05) is 71.9 Å². The first-order valence-electron chi connectivity index (χ1n) is 9.35. The Labute approximate surface area is 171 Å². The lowest BCUT2D eigenvalue weighted by Gasteiger charge is -2.11. The van der Waals surface area contributed by atoms with Crippen molar-refractivity contribution in [2.24, 2.45) is 0 Å². The van der Waals surface area contributed by atoms with Gasteiger partial charge in [0, 0.05) is 5.75 Å². The molecule has 0 fully saturated rings. The van der Waals surface area contributed by atoms with Crippen LogP contribution in [0.1, 0.15) is 11.1 Å². The van der Waals surface area contributed by atoms with Crippen LogP contribution in [0.25, 0.3) is 22.4 Å². The second-order valence-corrected chi connectivity index (χ2v) is 7.83. The molecule has 2 heterocycles. The Balaban J connectivity index is 1.70. The lowest BCUT2D eigenvalue weighted by atomic mass is 10.2. The molecule has 0 radical (unpaired) electrons. The van der Waals surface area contributed by atoms with Gasteiger partial charge in [-0.2, -0.15) is 0 Å². The monoisotopic (exact) mass is 398 g/mol. The highest BCUT2D eigenvalue weighted by atomic mass is 32.2. The van der Waals surface area contributed by atoms with Crippen LogP contribution >= 0.6 is 11.8 Å². The summed E-state index contributed by atoms with van der Waals surface area (Å²) in [5, 5.41) is 10.2. The van der Waals surface area contributed by atoms with Gasteiger partial charge in [0.25, 0.3) is 5.56 Å². The second-order valence-electron chi connectivity index (χ2n) is 6.89. The van der Waals surface area contributed by atoms with Gasteiger partial charge in [0.1, 0.15) is 0 Å². The standard InChI is InChI=1S/C23H18N4OS/c1-16-11-13-17(14-12-16)15-29-23-25-24-22-26(18-7-3-2-4-8-18)21(28)19-9-5-6-10-20(19)27(22)23/h2-14H,15H2,1H3. The van der Waals surface area contributed by atoms with Crippen molar-refractivity contribution in [3.05, 3.63) is 100 Å². The van der Waals surface area contributed by atoms with E-state index in [0.29, 0.717) is 11.2 Å². The van der Waals surface area contributed by atoms with Gasteiger partial charge in [-0.25, -0.2) is 4.57 Å². The van der Waals surface area contributed by atoms with E-state index in [1.807, 2.05) is 59.0 Å². The lowest BCUT2D eigenvalue weighted by Crippen LogP contribution is -2.21. The zero-order chi connectivity index (χ0) is 19.8. The summed E-state index contributed by atoms with van der Waals surface area (Å²) in [7, 11) is 0. The minimum Gasteiger partial charge on any atom is -0.268 e. The number of benzene rings is 3. The van der Waals surface area contributed by atoms with Crippen molar-refractivity contribution in [2.45, 2.75) is 17.8 Å². The maximum absolute atomic E-state index is 13.2. The molecule has 5 nitrogen and oxygen atoms in total.